The Morgan fingerprint density at radius 2 is 2.14 bits per heavy atom. The van der Waals surface area contributed by atoms with Gasteiger partial charge in [-0.3, -0.25) is 0 Å². The molecule has 1 aliphatic carbocycles. The highest BCUT2D eigenvalue weighted by Gasteiger charge is 2.26. The number of halogens is 2. The summed E-state index contributed by atoms with van der Waals surface area (Å²) in [5.74, 6) is 0.0217. The molecule has 2 unspecified atom stereocenters. The minimum Gasteiger partial charge on any atom is -0.327 e. The lowest BCUT2D eigenvalue weighted by atomic mass is 9.94. The monoisotopic (exact) mass is 213 g/mol. The Morgan fingerprint density at radius 3 is 2.71 bits per heavy atom. The van der Waals surface area contributed by atoms with Crippen LogP contribution in [0.2, 0.25) is 5.02 Å². The molecule has 0 saturated heterocycles. The second-order valence-corrected chi connectivity index (χ2v) is 4.27. The Labute approximate surface area is 88.1 Å². The molecule has 2 atom stereocenters. The minimum atomic E-state index is -0.287. The van der Waals surface area contributed by atoms with Gasteiger partial charge >= 0.3 is 0 Å². The van der Waals surface area contributed by atoms with Crippen LogP contribution in [-0.2, 0) is 0 Å². The molecule has 0 radical (unpaired) electrons. The van der Waals surface area contributed by atoms with Crippen LogP contribution in [-0.4, -0.2) is 6.04 Å². The molecule has 3 heteroatoms. The van der Waals surface area contributed by atoms with Crippen molar-refractivity contribution >= 4 is 11.6 Å². The van der Waals surface area contributed by atoms with E-state index in [1.54, 1.807) is 6.07 Å². The van der Waals surface area contributed by atoms with Crippen LogP contribution < -0.4 is 5.73 Å². The van der Waals surface area contributed by atoms with Gasteiger partial charge in [0.15, 0.2) is 0 Å². The van der Waals surface area contributed by atoms with E-state index in [2.05, 4.69) is 0 Å². The first-order chi connectivity index (χ1) is 6.68. The highest BCUT2D eigenvalue weighted by atomic mass is 35.5. The van der Waals surface area contributed by atoms with Crippen LogP contribution in [0.15, 0.2) is 18.2 Å². The average Bonchev–Trinajstić information content (AvgIpc) is 2.52. The van der Waals surface area contributed by atoms with E-state index in [-0.39, 0.29) is 11.9 Å². The van der Waals surface area contributed by atoms with Crippen molar-refractivity contribution in [2.45, 2.75) is 31.2 Å². The average molecular weight is 214 g/mol. The van der Waals surface area contributed by atoms with Crippen molar-refractivity contribution in [2.75, 3.05) is 0 Å². The SMILES string of the molecule is NC1CCCC1c1ccc(F)cc1Cl. The van der Waals surface area contributed by atoms with E-state index in [0.717, 1.165) is 24.8 Å². The fourth-order valence-corrected chi connectivity index (χ4v) is 2.48. The summed E-state index contributed by atoms with van der Waals surface area (Å²) >= 11 is 5.98. The van der Waals surface area contributed by atoms with Crippen molar-refractivity contribution in [3.8, 4) is 0 Å². The standard InChI is InChI=1S/C11H13ClFN/c12-10-6-7(13)4-5-8(10)9-2-1-3-11(9)14/h4-6,9,11H,1-3,14H2. The molecule has 0 aromatic heterocycles. The molecule has 0 heterocycles. The van der Waals surface area contributed by atoms with Crippen molar-refractivity contribution < 1.29 is 4.39 Å². The van der Waals surface area contributed by atoms with Gasteiger partial charge < -0.3 is 5.73 Å². The zero-order chi connectivity index (χ0) is 10.1. The molecule has 0 spiro atoms. The van der Waals surface area contributed by atoms with Gasteiger partial charge in [0.25, 0.3) is 0 Å². The molecule has 1 fully saturated rings. The van der Waals surface area contributed by atoms with Crippen molar-refractivity contribution in [3.05, 3.63) is 34.6 Å². The van der Waals surface area contributed by atoms with E-state index in [4.69, 9.17) is 17.3 Å². The van der Waals surface area contributed by atoms with E-state index in [1.807, 2.05) is 0 Å². The fourth-order valence-electron chi connectivity index (χ4n) is 2.18. The maximum atomic E-state index is 12.8. The van der Waals surface area contributed by atoms with Crippen molar-refractivity contribution in [1.29, 1.82) is 0 Å². The normalized spacial score (nSPS) is 26.8. The molecule has 0 bridgehead atoms. The summed E-state index contributed by atoms with van der Waals surface area (Å²) in [5.41, 5.74) is 6.96. The van der Waals surface area contributed by atoms with Gasteiger partial charge in [-0.2, -0.15) is 0 Å². The van der Waals surface area contributed by atoms with E-state index >= 15 is 0 Å². The smallest absolute Gasteiger partial charge is 0.124 e. The largest absolute Gasteiger partial charge is 0.327 e. The highest BCUT2D eigenvalue weighted by molar-refractivity contribution is 6.31. The number of rotatable bonds is 1. The molecule has 1 aliphatic rings. The van der Waals surface area contributed by atoms with Crippen molar-refractivity contribution in [2.24, 2.45) is 5.73 Å². The first-order valence-electron chi connectivity index (χ1n) is 4.89. The molecule has 76 valence electrons. The predicted octanol–water partition coefficient (Wildman–Crippen LogP) is 3.07. The number of hydrogen-bond donors (Lipinski definition) is 1. The van der Waals surface area contributed by atoms with Crippen LogP contribution in [0.4, 0.5) is 4.39 Å². The summed E-state index contributed by atoms with van der Waals surface area (Å²) in [5, 5.41) is 0.507. The van der Waals surface area contributed by atoms with Crippen LogP contribution in [0.25, 0.3) is 0 Å². The lowest BCUT2D eigenvalue weighted by molar-refractivity contribution is 0.603. The third-order valence-corrected chi connectivity index (χ3v) is 3.26. The van der Waals surface area contributed by atoms with Gasteiger partial charge in [0, 0.05) is 17.0 Å². The summed E-state index contributed by atoms with van der Waals surface area (Å²) in [6.07, 6.45) is 3.24. The summed E-state index contributed by atoms with van der Waals surface area (Å²) in [4.78, 5) is 0. The van der Waals surface area contributed by atoms with Gasteiger partial charge in [-0.15, -0.1) is 0 Å². The first-order valence-corrected chi connectivity index (χ1v) is 5.27. The first kappa shape index (κ1) is 9.94. The van der Waals surface area contributed by atoms with E-state index in [1.165, 1.54) is 12.1 Å². The highest BCUT2D eigenvalue weighted by Crippen LogP contribution is 2.36. The van der Waals surface area contributed by atoms with Crippen LogP contribution in [0.1, 0.15) is 30.7 Å². The Kier molecular flexibility index (Phi) is 2.75. The van der Waals surface area contributed by atoms with Crippen molar-refractivity contribution in [1.82, 2.24) is 0 Å². The van der Waals surface area contributed by atoms with Gasteiger partial charge in [-0.25, -0.2) is 4.39 Å². The third-order valence-electron chi connectivity index (χ3n) is 2.93. The summed E-state index contributed by atoms with van der Waals surface area (Å²) in [6, 6.07) is 4.75. The Hall–Kier alpha value is -0.600. The molecule has 0 amide bonds. The number of benzene rings is 1. The molecule has 2 N–H and O–H groups in total. The number of hydrogen-bond acceptors (Lipinski definition) is 1. The lowest BCUT2D eigenvalue weighted by Crippen LogP contribution is -2.22. The molecule has 1 aromatic rings. The van der Waals surface area contributed by atoms with Crippen LogP contribution in [0.3, 0.4) is 0 Å². The van der Waals surface area contributed by atoms with Gasteiger partial charge in [0.05, 0.1) is 0 Å². The van der Waals surface area contributed by atoms with E-state index in [9.17, 15) is 4.39 Å². The van der Waals surface area contributed by atoms with Crippen LogP contribution >= 0.6 is 11.6 Å². The molecular formula is C11H13ClFN. The topological polar surface area (TPSA) is 26.0 Å². The van der Waals surface area contributed by atoms with Gasteiger partial charge in [-0.1, -0.05) is 24.1 Å². The molecule has 0 aliphatic heterocycles. The van der Waals surface area contributed by atoms with Gasteiger partial charge in [-0.05, 0) is 30.5 Å². The van der Waals surface area contributed by atoms with E-state index < -0.39 is 0 Å². The zero-order valence-corrected chi connectivity index (χ0v) is 8.60. The maximum absolute atomic E-state index is 12.8. The molecule has 1 saturated carbocycles. The van der Waals surface area contributed by atoms with Crippen LogP contribution in [0.5, 0.6) is 0 Å². The summed E-state index contributed by atoms with van der Waals surface area (Å²) in [7, 11) is 0. The van der Waals surface area contributed by atoms with Gasteiger partial charge in [0.1, 0.15) is 5.82 Å². The Bertz CT molecular complexity index is 340. The lowest BCUT2D eigenvalue weighted by Gasteiger charge is -2.16. The second-order valence-electron chi connectivity index (χ2n) is 3.87. The van der Waals surface area contributed by atoms with Crippen LogP contribution in [0, 0.1) is 5.82 Å². The molecule has 1 aromatic carbocycles. The Balaban J connectivity index is 2.31. The molecule has 14 heavy (non-hydrogen) atoms. The second kappa shape index (κ2) is 3.87. The molecular weight excluding hydrogens is 201 g/mol. The number of nitrogens with two attached hydrogens (primary N) is 1. The fraction of sp³-hybridized carbons (Fsp3) is 0.455. The van der Waals surface area contributed by atoms with Crippen molar-refractivity contribution in [3.63, 3.8) is 0 Å². The van der Waals surface area contributed by atoms with E-state index in [0.29, 0.717) is 10.9 Å². The van der Waals surface area contributed by atoms with Gasteiger partial charge in [0.2, 0.25) is 0 Å². The predicted molar refractivity (Wildman–Crippen MR) is 56.0 cm³/mol. The minimum absolute atomic E-state index is 0.179. The summed E-state index contributed by atoms with van der Waals surface area (Å²) < 4.78 is 12.8. The quantitative estimate of drug-likeness (QED) is 0.763. The maximum Gasteiger partial charge on any atom is 0.124 e. The molecule has 1 nitrogen and oxygen atoms in total. The third kappa shape index (κ3) is 1.77. The zero-order valence-electron chi connectivity index (χ0n) is 7.84. The Morgan fingerprint density at radius 1 is 1.36 bits per heavy atom. The summed E-state index contributed by atoms with van der Waals surface area (Å²) in [6.45, 7) is 0. The molecule has 2 rings (SSSR count).